The summed E-state index contributed by atoms with van der Waals surface area (Å²) in [6.45, 7) is 1.35. The first-order chi connectivity index (χ1) is 15.4. The summed E-state index contributed by atoms with van der Waals surface area (Å²) in [5, 5.41) is 4.25. The molecule has 166 valence electrons. The molecule has 1 aliphatic carbocycles. The van der Waals surface area contributed by atoms with Gasteiger partial charge in [-0.25, -0.2) is 27.5 Å². The highest BCUT2D eigenvalue weighted by molar-refractivity contribution is 7.89. The first-order valence-electron chi connectivity index (χ1n) is 10.5. The molecule has 2 aliphatic rings. The predicted octanol–water partition coefficient (Wildman–Crippen LogP) is 2.39. The van der Waals surface area contributed by atoms with Crippen molar-refractivity contribution in [2.75, 3.05) is 18.0 Å². The van der Waals surface area contributed by atoms with E-state index >= 15 is 0 Å². The van der Waals surface area contributed by atoms with E-state index < -0.39 is 15.8 Å². The smallest absolute Gasteiger partial charge is 0.240 e. The normalized spacial score (nSPS) is 16.8. The third-order valence-corrected chi connectivity index (χ3v) is 7.47. The summed E-state index contributed by atoms with van der Waals surface area (Å²) >= 11 is 0. The molecular formula is C22H23FN6O2S. The minimum Gasteiger partial charge on any atom is -0.356 e. The van der Waals surface area contributed by atoms with Crippen LogP contribution in [0.5, 0.6) is 0 Å². The molecule has 3 heterocycles. The Balaban J connectivity index is 1.28. The Hall–Kier alpha value is -3.11. The molecule has 32 heavy (non-hydrogen) atoms. The molecule has 0 unspecified atom stereocenters. The van der Waals surface area contributed by atoms with Gasteiger partial charge in [0, 0.05) is 49.9 Å². The zero-order chi connectivity index (χ0) is 22.3. The van der Waals surface area contributed by atoms with Gasteiger partial charge in [0.2, 0.25) is 10.0 Å². The number of hydrogen-bond donors (Lipinski definition) is 1. The highest BCUT2D eigenvalue weighted by atomic mass is 32.2. The topological polar surface area (TPSA) is 93.0 Å². The first kappa shape index (κ1) is 20.8. The second-order valence-electron chi connectivity index (χ2n) is 8.14. The van der Waals surface area contributed by atoms with Crippen molar-refractivity contribution in [1.29, 1.82) is 0 Å². The highest BCUT2D eigenvalue weighted by Gasteiger charge is 2.28. The van der Waals surface area contributed by atoms with E-state index in [9.17, 15) is 12.8 Å². The fourth-order valence-corrected chi connectivity index (χ4v) is 5.56. The molecule has 0 radical (unpaired) electrons. The van der Waals surface area contributed by atoms with Crippen molar-refractivity contribution in [3.8, 4) is 0 Å². The second-order valence-corrected chi connectivity index (χ2v) is 9.86. The molecule has 2 aromatic heterocycles. The molecule has 8 nitrogen and oxygen atoms in total. The van der Waals surface area contributed by atoms with Crippen LogP contribution in [-0.2, 0) is 23.5 Å². The molecule has 1 aromatic carbocycles. The highest BCUT2D eigenvalue weighted by Crippen LogP contribution is 2.35. The Morgan fingerprint density at radius 3 is 2.56 bits per heavy atom. The third kappa shape index (κ3) is 4.03. The van der Waals surface area contributed by atoms with Crippen LogP contribution in [0.3, 0.4) is 0 Å². The van der Waals surface area contributed by atoms with E-state index in [1.54, 1.807) is 11.0 Å². The number of anilines is 1. The third-order valence-electron chi connectivity index (χ3n) is 5.94. The average molecular weight is 455 g/mol. The van der Waals surface area contributed by atoms with Crippen LogP contribution in [0, 0.1) is 5.82 Å². The van der Waals surface area contributed by atoms with Crippen LogP contribution < -0.4 is 9.62 Å². The predicted molar refractivity (Wildman–Crippen MR) is 119 cm³/mol. The zero-order valence-corrected chi connectivity index (χ0v) is 18.4. The Bertz CT molecular complexity index is 1280. The summed E-state index contributed by atoms with van der Waals surface area (Å²) in [6, 6.07) is 4.68. The van der Waals surface area contributed by atoms with Gasteiger partial charge in [-0.1, -0.05) is 0 Å². The monoisotopic (exact) mass is 454 g/mol. The minimum absolute atomic E-state index is 0.0722. The fourth-order valence-electron chi connectivity index (χ4n) is 4.25. The Kier molecular flexibility index (Phi) is 5.26. The number of benzene rings is 1. The van der Waals surface area contributed by atoms with Gasteiger partial charge < -0.3 is 4.90 Å². The van der Waals surface area contributed by atoms with Crippen molar-refractivity contribution in [2.24, 2.45) is 7.05 Å². The largest absolute Gasteiger partial charge is 0.356 e. The van der Waals surface area contributed by atoms with Gasteiger partial charge >= 0.3 is 0 Å². The Morgan fingerprint density at radius 1 is 1.12 bits per heavy atom. The van der Waals surface area contributed by atoms with Gasteiger partial charge in [0.15, 0.2) is 0 Å². The molecular weight excluding hydrogens is 431 g/mol. The molecule has 1 aliphatic heterocycles. The fraction of sp³-hybridized carbons (Fsp3) is 0.318. The van der Waals surface area contributed by atoms with Crippen LogP contribution >= 0.6 is 0 Å². The molecule has 1 fully saturated rings. The quantitative estimate of drug-likeness (QED) is 0.636. The maximum atomic E-state index is 13.1. The molecule has 1 N–H and O–H groups in total. The number of nitrogens with one attached hydrogen (secondary N) is 1. The minimum atomic E-state index is -3.68. The number of piperidine rings is 1. The molecule has 0 atom stereocenters. The summed E-state index contributed by atoms with van der Waals surface area (Å²) in [7, 11) is -1.79. The van der Waals surface area contributed by atoms with Gasteiger partial charge in [0.05, 0.1) is 16.8 Å². The van der Waals surface area contributed by atoms with E-state index in [-0.39, 0.29) is 10.9 Å². The van der Waals surface area contributed by atoms with Gasteiger partial charge in [-0.05, 0) is 48.8 Å². The molecule has 3 aromatic rings. The van der Waals surface area contributed by atoms with E-state index in [0.717, 1.165) is 46.8 Å². The maximum Gasteiger partial charge on any atom is 0.240 e. The van der Waals surface area contributed by atoms with Gasteiger partial charge in [-0.2, -0.15) is 5.10 Å². The lowest BCUT2D eigenvalue weighted by Crippen LogP contribution is -2.45. The van der Waals surface area contributed by atoms with Crippen molar-refractivity contribution < 1.29 is 12.8 Å². The standard InChI is InChI=1S/C22H23FN6O2S/c1-28-13-16(12-26-28)15-10-20-21(11-15)24-14-25-22(20)29-8-6-18(7-9-29)27-32(30,31)19-4-2-17(23)3-5-19/h2-5,10,12-14,18,27H,6-9,11H2,1H3. The summed E-state index contributed by atoms with van der Waals surface area (Å²) < 4.78 is 42.9. The number of aryl methyl sites for hydroxylation is 1. The number of halogens is 1. The zero-order valence-electron chi connectivity index (χ0n) is 17.6. The van der Waals surface area contributed by atoms with Crippen molar-refractivity contribution in [1.82, 2.24) is 24.5 Å². The molecule has 5 rings (SSSR count). The van der Waals surface area contributed by atoms with E-state index in [4.69, 9.17) is 0 Å². The lowest BCUT2D eigenvalue weighted by molar-refractivity contribution is 0.458. The summed E-state index contributed by atoms with van der Waals surface area (Å²) in [4.78, 5) is 11.3. The number of fused-ring (bicyclic) bond motifs is 1. The van der Waals surface area contributed by atoms with Crippen LogP contribution in [0.4, 0.5) is 10.2 Å². The van der Waals surface area contributed by atoms with Crippen LogP contribution in [0.2, 0.25) is 0 Å². The van der Waals surface area contributed by atoms with E-state index in [0.29, 0.717) is 25.9 Å². The van der Waals surface area contributed by atoms with Crippen LogP contribution in [0.25, 0.3) is 11.6 Å². The Labute approximate surface area is 185 Å². The lowest BCUT2D eigenvalue weighted by atomic mass is 10.1. The van der Waals surface area contributed by atoms with Crippen molar-refractivity contribution in [2.45, 2.75) is 30.2 Å². The van der Waals surface area contributed by atoms with Crippen molar-refractivity contribution >= 4 is 27.5 Å². The van der Waals surface area contributed by atoms with Gasteiger partial charge in [-0.15, -0.1) is 0 Å². The van der Waals surface area contributed by atoms with Crippen molar-refractivity contribution in [3.63, 3.8) is 0 Å². The molecule has 0 saturated carbocycles. The number of aromatic nitrogens is 4. The SMILES string of the molecule is Cn1cc(C2=Cc3c(ncnc3N3CCC(NS(=O)(=O)c4ccc(F)cc4)CC3)C2)cn1. The number of nitrogens with zero attached hydrogens (tertiary/aromatic N) is 5. The first-order valence-corrected chi connectivity index (χ1v) is 11.9. The summed E-state index contributed by atoms with van der Waals surface area (Å²) in [5.41, 5.74) is 4.26. The maximum absolute atomic E-state index is 13.1. The van der Waals surface area contributed by atoms with E-state index in [1.807, 2.05) is 19.4 Å². The van der Waals surface area contributed by atoms with Gasteiger partial charge in [-0.3, -0.25) is 4.68 Å². The van der Waals surface area contributed by atoms with Crippen LogP contribution in [-0.4, -0.2) is 47.3 Å². The average Bonchev–Trinajstić information content (AvgIpc) is 3.40. The number of hydrogen-bond acceptors (Lipinski definition) is 6. The van der Waals surface area contributed by atoms with Crippen LogP contribution in [0.1, 0.15) is 29.7 Å². The summed E-state index contributed by atoms with van der Waals surface area (Å²) in [6.07, 6.45) is 9.61. The number of rotatable bonds is 5. The molecule has 0 amide bonds. The van der Waals surface area contributed by atoms with E-state index in [2.05, 4.69) is 30.8 Å². The molecule has 0 bridgehead atoms. The number of allylic oxidation sites excluding steroid dienone is 1. The van der Waals surface area contributed by atoms with Crippen LogP contribution in [0.15, 0.2) is 47.9 Å². The second kappa shape index (κ2) is 8.10. The summed E-state index contributed by atoms with van der Waals surface area (Å²) in [5.74, 6) is 0.420. The molecule has 10 heteroatoms. The van der Waals surface area contributed by atoms with Gasteiger partial charge in [0.1, 0.15) is 18.0 Å². The van der Waals surface area contributed by atoms with E-state index in [1.165, 1.54) is 12.1 Å². The molecule has 0 spiro atoms. The molecule has 1 saturated heterocycles. The Morgan fingerprint density at radius 2 is 1.88 bits per heavy atom. The number of sulfonamides is 1. The van der Waals surface area contributed by atoms with Crippen molar-refractivity contribution in [3.05, 3.63) is 65.6 Å². The lowest BCUT2D eigenvalue weighted by Gasteiger charge is -2.33. The van der Waals surface area contributed by atoms with Gasteiger partial charge in [0.25, 0.3) is 0 Å².